The van der Waals surface area contributed by atoms with Crippen molar-refractivity contribution in [3.63, 3.8) is 0 Å². The highest BCUT2D eigenvalue weighted by molar-refractivity contribution is 8.00. The largest absolute Gasteiger partial charge is 0.325 e. The lowest BCUT2D eigenvalue weighted by atomic mass is 10.1. The number of likely N-dealkylation sites (tertiary alicyclic amines) is 1. The fourth-order valence-electron chi connectivity index (χ4n) is 2.63. The van der Waals surface area contributed by atoms with Crippen LogP contribution in [0.3, 0.4) is 0 Å². The average Bonchev–Trinajstić information content (AvgIpc) is 2.90. The molecule has 0 aliphatic carbocycles. The minimum Gasteiger partial charge on any atom is -0.325 e. The van der Waals surface area contributed by atoms with E-state index < -0.39 is 11.7 Å². The normalized spacial score (nSPS) is 17.0. The molecule has 0 amide bonds. The fourth-order valence-corrected chi connectivity index (χ4v) is 3.73. The first-order valence-electron chi connectivity index (χ1n) is 7.59. The molecule has 0 atom stereocenters. The summed E-state index contributed by atoms with van der Waals surface area (Å²) in [5, 5.41) is 0.875. The summed E-state index contributed by atoms with van der Waals surface area (Å²) in [6.07, 6.45) is -0.192. The van der Waals surface area contributed by atoms with Crippen molar-refractivity contribution in [3.05, 3.63) is 57.8 Å². The highest BCUT2D eigenvalue weighted by atomic mass is 35.5. The summed E-state index contributed by atoms with van der Waals surface area (Å²) in [6.45, 7) is 0.0357. The van der Waals surface area contributed by atoms with Crippen LogP contribution in [0.2, 0.25) is 10.0 Å². The van der Waals surface area contributed by atoms with E-state index in [0.717, 1.165) is 4.90 Å². The minimum atomic E-state index is -2.70. The summed E-state index contributed by atoms with van der Waals surface area (Å²) in [7, 11) is 0. The van der Waals surface area contributed by atoms with Crippen LogP contribution in [0.15, 0.2) is 41.3 Å². The molecule has 3 rings (SSSR count). The first-order chi connectivity index (χ1) is 11.8. The van der Waals surface area contributed by atoms with Gasteiger partial charge in [0.15, 0.2) is 0 Å². The first-order valence-corrected chi connectivity index (χ1v) is 9.17. The van der Waals surface area contributed by atoms with Crippen LogP contribution in [0.1, 0.15) is 12.0 Å². The zero-order valence-corrected chi connectivity index (χ0v) is 15.4. The Labute approximate surface area is 158 Å². The second-order valence-electron chi connectivity index (χ2n) is 5.86. The predicted octanol–water partition coefficient (Wildman–Crippen LogP) is 6.09. The Morgan fingerprint density at radius 2 is 1.96 bits per heavy atom. The van der Waals surface area contributed by atoms with E-state index in [2.05, 4.69) is 4.72 Å². The number of rotatable bonds is 5. The summed E-state index contributed by atoms with van der Waals surface area (Å²) < 4.78 is 44.0. The van der Waals surface area contributed by atoms with Crippen LogP contribution in [0, 0.1) is 5.82 Å². The second-order valence-corrected chi connectivity index (χ2v) is 7.56. The molecule has 134 valence electrons. The van der Waals surface area contributed by atoms with Crippen molar-refractivity contribution in [2.75, 3.05) is 17.8 Å². The summed E-state index contributed by atoms with van der Waals surface area (Å²) in [6, 6.07) is 9.78. The number of hydrogen-bond acceptors (Lipinski definition) is 3. The Balaban J connectivity index is 1.73. The van der Waals surface area contributed by atoms with Gasteiger partial charge in [-0.25, -0.2) is 13.2 Å². The zero-order valence-electron chi connectivity index (χ0n) is 13.0. The zero-order chi connectivity index (χ0) is 18.0. The molecule has 2 aromatic carbocycles. The van der Waals surface area contributed by atoms with E-state index in [1.165, 1.54) is 18.0 Å². The lowest BCUT2D eigenvalue weighted by Crippen LogP contribution is -2.25. The van der Waals surface area contributed by atoms with Gasteiger partial charge in [0.05, 0.1) is 22.3 Å². The molecule has 0 spiro atoms. The molecule has 2 aromatic rings. The number of hydrogen-bond donors (Lipinski definition) is 1. The van der Waals surface area contributed by atoms with Crippen LogP contribution in [-0.2, 0) is 6.54 Å². The van der Waals surface area contributed by atoms with E-state index >= 15 is 0 Å². The molecule has 1 saturated heterocycles. The van der Waals surface area contributed by atoms with Gasteiger partial charge in [-0.05, 0) is 42.3 Å². The SMILES string of the molecule is Fc1cccc(NSc2ccc(Cl)c(Cl)c2)c1CN1CCC(F)(F)C1. The van der Waals surface area contributed by atoms with Gasteiger partial charge in [-0.15, -0.1) is 0 Å². The quantitative estimate of drug-likeness (QED) is 0.604. The average molecular weight is 407 g/mol. The van der Waals surface area contributed by atoms with E-state index in [0.29, 0.717) is 21.3 Å². The molecule has 2 nitrogen and oxygen atoms in total. The maximum absolute atomic E-state index is 14.2. The first kappa shape index (κ1) is 18.7. The van der Waals surface area contributed by atoms with Crippen molar-refractivity contribution in [3.8, 4) is 0 Å². The fraction of sp³-hybridized carbons (Fsp3) is 0.294. The van der Waals surface area contributed by atoms with Crippen LogP contribution < -0.4 is 4.72 Å². The number of nitrogens with one attached hydrogen (secondary N) is 1. The van der Waals surface area contributed by atoms with E-state index in [-0.39, 0.29) is 26.1 Å². The van der Waals surface area contributed by atoms with Gasteiger partial charge in [-0.2, -0.15) is 0 Å². The van der Waals surface area contributed by atoms with Crippen LogP contribution in [0.4, 0.5) is 18.9 Å². The van der Waals surface area contributed by atoms with E-state index in [9.17, 15) is 13.2 Å². The van der Waals surface area contributed by atoms with Crippen LogP contribution >= 0.6 is 35.1 Å². The third kappa shape index (κ3) is 4.76. The minimum absolute atomic E-state index is 0.131. The van der Waals surface area contributed by atoms with E-state index in [1.807, 2.05) is 0 Å². The van der Waals surface area contributed by atoms with Crippen molar-refractivity contribution in [1.29, 1.82) is 0 Å². The summed E-state index contributed by atoms with van der Waals surface area (Å²) >= 11 is 13.1. The highest BCUT2D eigenvalue weighted by Crippen LogP contribution is 2.33. The van der Waals surface area contributed by atoms with Crippen LogP contribution in [0.5, 0.6) is 0 Å². The molecule has 1 aliphatic heterocycles. The van der Waals surface area contributed by atoms with Gasteiger partial charge in [0.2, 0.25) is 0 Å². The van der Waals surface area contributed by atoms with Crippen molar-refractivity contribution in [1.82, 2.24) is 4.90 Å². The number of anilines is 1. The summed E-state index contributed by atoms with van der Waals surface area (Å²) in [4.78, 5) is 2.37. The highest BCUT2D eigenvalue weighted by Gasteiger charge is 2.38. The molecule has 1 fully saturated rings. The molecule has 1 N–H and O–H groups in total. The molecule has 0 aromatic heterocycles. The van der Waals surface area contributed by atoms with Crippen LogP contribution in [0.25, 0.3) is 0 Å². The van der Waals surface area contributed by atoms with Gasteiger partial charge in [-0.1, -0.05) is 29.3 Å². The lowest BCUT2D eigenvalue weighted by molar-refractivity contribution is 0.0114. The van der Waals surface area contributed by atoms with Gasteiger partial charge in [-0.3, -0.25) is 4.90 Å². The Hall–Kier alpha value is -1.08. The Bertz CT molecular complexity index is 774. The van der Waals surface area contributed by atoms with Crippen molar-refractivity contribution >= 4 is 40.8 Å². The number of alkyl halides is 2. The molecule has 1 aliphatic rings. The Morgan fingerprint density at radius 1 is 1.16 bits per heavy atom. The predicted molar refractivity (Wildman–Crippen MR) is 97.2 cm³/mol. The van der Waals surface area contributed by atoms with Gasteiger partial charge < -0.3 is 4.72 Å². The molecular formula is C17H15Cl2F3N2S. The van der Waals surface area contributed by atoms with Gasteiger partial charge in [0, 0.05) is 30.0 Å². The molecule has 0 bridgehead atoms. The molecule has 0 radical (unpaired) electrons. The number of nitrogens with zero attached hydrogens (tertiary/aromatic N) is 1. The monoisotopic (exact) mass is 406 g/mol. The molecule has 8 heteroatoms. The Kier molecular flexibility index (Phi) is 5.73. The van der Waals surface area contributed by atoms with Gasteiger partial charge in [0.25, 0.3) is 5.92 Å². The van der Waals surface area contributed by atoms with Crippen LogP contribution in [-0.4, -0.2) is 23.9 Å². The Morgan fingerprint density at radius 3 is 2.64 bits per heavy atom. The molecule has 0 saturated carbocycles. The molecule has 1 heterocycles. The molecule has 25 heavy (non-hydrogen) atoms. The standard InChI is InChI=1S/C17H15Cl2F3N2S/c18-13-5-4-11(8-14(13)19)25-23-16-3-1-2-15(20)12(16)9-24-7-6-17(21,22)10-24/h1-5,8,23H,6-7,9-10H2. The van der Waals surface area contributed by atoms with Gasteiger partial charge in [0.1, 0.15) is 5.82 Å². The van der Waals surface area contributed by atoms with E-state index in [1.54, 1.807) is 35.2 Å². The maximum Gasteiger partial charge on any atom is 0.261 e. The maximum atomic E-state index is 14.2. The molecular weight excluding hydrogens is 392 g/mol. The van der Waals surface area contributed by atoms with Crippen molar-refractivity contribution in [2.24, 2.45) is 0 Å². The third-order valence-corrected chi connectivity index (χ3v) is 5.47. The van der Waals surface area contributed by atoms with Crippen molar-refractivity contribution < 1.29 is 13.2 Å². The third-order valence-electron chi connectivity index (χ3n) is 3.92. The topological polar surface area (TPSA) is 15.3 Å². The smallest absolute Gasteiger partial charge is 0.261 e. The summed E-state index contributed by atoms with van der Waals surface area (Å²) in [5.74, 6) is -3.12. The lowest BCUT2D eigenvalue weighted by Gasteiger charge is -2.19. The summed E-state index contributed by atoms with van der Waals surface area (Å²) in [5.41, 5.74) is 0.916. The number of benzene rings is 2. The second kappa shape index (κ2) is 7.66. The van der Waals surface area contributed by atoms with Gasteiger partial charge >= 0.3 is 0 Å². The van der Waals surface area contributed by atoms with E-state index in [4.69, 9.17) is 23.2 Å². The molecule has 0 unspecified atom stereocenters. The van der Waals surface area contributed by atoms with Crippen molar-refractivity contribution in [2.45, 2.75) is 23.8 Å². The number of halogens is 5.